The molecule has 20 heavy (non-hydrogen) atoms. The van der Waals surface area contributed by atoms with Crippen LogP contribution in [0.5, 0.6) is 0 Å². The van der Waals surface area contributed by atoms with Gasteiger partial charge in [-0.25, -0.2) is 4.79 Å². The predicted molar refractivity (Wildman–Crippen MR) is 82.9 cm³/mol. The monoisotopic (exact) mass is 304 g/mol. The third-order valence-corrected chi connectivity index (χ3v) is 3.66. The zero-order valence-electron chi connectivity index (χ0n) is 13.0. The summed E-state index contributed by atoms with van der Waals surface area (Å²) in [5, 5.41) is -0.684. The van der Waals surface area contributed by atoms with Crippen molar-refractivity contribution in [3.63, 3.8) is 0 Å². The van der Waals surface area contributed by atoms with Gasteiger partial charge in [0, 0.05) is 6.42 Å². The number of hydrogen-bond acceptors (Lipinski definition) is 3. The van der Waals surface area contributed by atoms with Crippen molar-refractivity contribution in [1.29, 1.82) is 0 Å². The maximum atomic E-state index is 11.6. The predicted octanol–water partition coefficient (Wildman–Crippen LogP) is 4.99. The van der Waals surface area contributed by atoms with E-state index in [9.17, 15) is 9.59 Å². The highest BCUT2D eigenvalue weighted by atomic mass is 35.5. The molecule has 0 rings (SSSR count). The third-order valence-electron chi connectivity index (χ3n) is 3.27. The van der Waals surface area contributed by atoms with Gasteiger partial charge in [0.15, 0.2) is 0 Å². The molecular formula is C16H29ClO3. The van der Waals surface area contributed by atoms with Crippen molar-refractivity contribution >= 4 is 23.5 Å². The highest BCUT2D eigenvalue weighted by molar-refractivity contribution is 6.30. The number of alkyl halides is 1. The van der Waals surface area contributed by atoms with Gasteiger partial charge in [0.1, 0.15) is 5.38 Å². The van der Waals surface area contributed by atoms with Crippen molar-refractivity contribution in [2.24, 2.45) is 0 Å². The third kappa shape index (κ3) is 11.3. The van der Waals surface area contributed by atoms with Gasteiger partial charge < -0.3 is 4.74 Å². The van der Waals surface area contributed by atoms with E-state index in [1.54, 1.807) is 0 Å². The number of unbranched alkanes of at least 4 members (excludes halogenated alkanes) is 7. The van der Waals surface area contributed by atoms with Gasteiger partial charge in [-0.3, -0.25) is 4.79 Å². The van der Waals surface area contributed by atoms with Crippen molar-refractivity contribution in [3.05, 3.63) is 0 Å². The molecule has 0 N–H and O–H groups in total. The van der Waals surface area contributed by atoms with Gasteiger partial charge in [-0.05, 0) is 12.8 Å². The molecule has 0 bridgehead atoms. The molecular weight excluding hydrogens is 276 g/mol. The number of hydrogen-bond donors (Lipinski definition) is 0. The van der Waals surface area contributed by atoms with E-state index in [1.807, 2.05) is 0 Å². The van der Waals surface area contributed by atoms with Gasteiger partial charge in [-0.2, -0.15) is 0 Å². The fourth-order valence-electron chi connectivity index (χ4n) is 1.97. The summed E-state index contributed by atoms with van der Waals surface area (Å²) in [4.78, 5) is 23.0. The number of rotatable bonds is 12. The molecule has 0 amide bonds. The Morgan fingerprint density at radius 2 is 1.45 bits per heavy atom. The van der Waals surface area contributed by atoms with Gasteiger partial charge in [0.25, 0.3) is 0 Å². The summed E-state index contributed by atoms with van der Waals surface area (Å²) in [6, 6.07) is 0. The molecule has 0 spiro atoms. The van der Waals surface area contributed by atoms with Crippen LogP contribution in [0.15, 0.2) is 0 Å². The van der Waals surface area contributed by atoms with E-state index in [4.69, 9.17) is 16.3 Å². The Morgan fingerprint density at radius 3 is 2.05 bits per heavy atom. The zero-order chi connectivity index (χ0) is 15.2. The van der Waals surface area contributed by atoms with Crippen LogP contribution in [0.3, 0.4) is 0 Å². The highest BCUT2D eigenvalue weighted by Gasteiger charge is 2.19. The van der Waals surface area contributed by atoms with Crippen LogP contribution in [0.4, 0.5) is 0 Å². The summed E-state index contributed by atoms with van der Waals surface area (Å²) < 4.78 is 4.77. The van der Waals surface area contributed by atoms with Crippen LogP contribution in [-0.4, -0.2) is 17.3 Å². The molecule has 0 aliphatic heterocycles. The van der Waals surface area contributed by atoms with Crippen molar-refractivity contribution in [3.8, 4) is 0 Å². The van der Waals surface area contributed by atoms with Gasteiger partial charge in [0.05, 0.1) is 0 Å². The molecule has 0 aliphatic carbocycles. The number of esters is 2. The number of carbonyl (C=O) groups excluding carboxylic acids is 2. The molecule has 0 aromatic rings. The largest absolute Gasteiger partial charge is 0.392 e. The lowest BCUT2D eigenvalue weighted by molar-refractivity contribution is -0.159. The molecule has 4 heteroatoms. The van der Waals surface area contributed by atoms with Crippen LogP contribution in [-0.2, 0) is 14.3 Å². The minimum Gasteiger partial charge on any atom is -0.392 e. The Morgan fingerprint density at radius 1 is 0.900 bits per heavy atom. The summed E-state index contributed by atoms with van der Waals surface area (Å²) in [5.74, 6) is -1.02. The molecule has 0 heterocycles. The van der Waals surface area contributed by atoms with Gasteiger partial charge in [0.2, 0.25) is 0 Å². The van der Waals surface area contributed by atoms with Crippen LogP contribution >= 0.6 is 11.6 Å². The average Bonchev–Trinajstić information content (AvgIpc) is 2.43. The van der Waals surface area contributed by atoms with E-state index in [-0.39, 0.29) is 0 Å². The number of ether oxygens (including phenoxy) is 1. The molecule has 0 saturated carbocycles. The molecule has 0 fully saturated rings. The van der Waals surface area contributed by atoms with Crippen molar-refractivity contribution < 1.29 is 14.3 Å². The Hall–Kier alpha value is -0.570. The first-order valence-corrected chi connectivity index (χ1v) is 8.44. The Labute approximate surface area is 128 Å². The van der Waals surface area contributed by atoms with Gasteiger partial charge in [-0.1, -0.05) is 65.2 Å². The summed E-state index contributed by atoms with van der Waals surface area (Å²) in [5.41, 5.74) is 0. The summed E-state index contributed by atoms with van der Waals surface area (Å²) in [7, 11) is 0. The summed E-state index contributed by atoms with van der Waals surface area (Å²) in [6.45, 7) is 4.28. The van der Waals surface area contributed by atoms with Crippen LogP contribution in [0, 0.1) is 0 Å². The van der Waals surface area contributed by atoms with Crippen LogP contribution in [0.25, 0.3) is 0 Å². The second-order valence-corrected chi connectivity index (χ2v) is 5.80. The van der Waals surface area contributed by atoms with E-state index >= 15 is 0 Å². The first-order chi connectivity index (χ1) is 9.61. The van der Waals surface area contributed by atoms with E-state index < -0.39 is 17.3 Å². The molecule has 1 atom stereocenters. The lowest BCUT2D eigenvalue weighted by Gasteiger charge is -2.08. The standard InChI is InChI=1S/C16H29ClO3/c1-3-5-7-9-11-13-15(18)20-16(19)14(17)12-10-8-6-4-2/h14H,3-13H2,1-2H3. The molecule has 3 nitrogen and oxygen atoms in total. The Bertz CT molecular complexity index is 266. The smallest absolute Gasteiger partial charge is 0.331 e. The van der Waals surface area contributed by atoms with Crippen molar-refractivity contribution in [1.82, 2.24) is 0 Å². The van der Waals surface area contributed by atoms with E-state index in [2.05, 4.69) is 13.8 Å². The van der Waals surface area contributed by atoms with E-state index in [0.717, 1.165) is 44.9 Å². The van der Waals surface area contributed by atoms with Crippen molar-refractivity contribution in [2.45, 2.75) is 89.9 Å². The summed E-state index contributed by atoms with van der Waals surface area (Å²) in [6.07, 6.45) is 10.5. The highest BCUT2D eigenvalue weighted by Crippen LogP contribution is 2.13. The lowest BCUT2D eigenvalue weighted by Crippen LogP contribution is -2.21. The topological polar surface area (TPSA) is 43.4 Å². The molecule has 0 aliphatic rings. The van der Waals surface area contributed by atoms with Gasteiger partial charge in [-0.15, -0.1) is 11.6 Å². The first-order valence-electron chi connectivity index (χ1n) is 8.00. The molecule has 0 aromatic heterocycles. The maximum Gasteiger partial charge on any atom is 0.331 e. The minimum absolute atomic E-state index is 0.314. The summed E-state index contributed by atoms with van der Waals surface area (Å²) >= 11 is 5.93. The molecule has 0 aromatic carbocycles. The first kappa shape index (κ1) is 19.4. The SMILES string of the molecule is CCCCCCCC(=O)OC(=O)C(Cl)CCCCCC. The molecule has 1 unspecified atom stereocenters. The second kappa shape index (κ2) is 13.4. The van der Waals surface area contributed by atoms with Crippen LogP contribution in [0.1, 0.15) is 84.5 Å². The lowest BCUT2D eigenvalue weighted by atomic mass is 10.1. The van der Waals surface area contributed by atoms with E-state index in [0.29, 0.717) is 12.8 Å². The van der Waals surface area contributed by atoms with Crippen LogP contribution in [0.2, 0.25) is 0 Å². The Balaban J connectivity index is 3.64. The molecule has 118 valence electrons. The minimum atomic E-state index is -0.684. The fourth-order valence-corrected chi connectivity index (χ4v) is 2.17. The second-order valence-electron chi connectivity index (χ2n) is 5.27. The van der Waals surface area contributed by atoms with E-state index in [1.165, 1.54) is 12.8 Å². The van der Waals surface area contributed by atoms with Crippen LogP contribution < -0.4 is 0 Å². The zero-order valence-corrected chi connectivity index (χ0v) is 13.7. The number of carbonyl (C=O) groups is 2. The quantitative estimate of drug-likeness (QED) is 0.221. The average molecular weight is 305 g/mol. The van der Waals surface area contributed by atoms with Gasteiger partial charge >= 0.3 is 11.9 Å². The Kier molecular flexibility index (Phi) is 13.0. The normalized spacial score (nSPS) is 12.2. The maximum absolute atomic E-state index is 11.6. The van der Waals surface area contributed by atoms with Crippen molar-refractivity contribution in [2.75, 3.05) is 0 Å². The molecule has 0 radical (unpaired) electrons. The number of halogens is 1. The molecule has 0 saturated heterocycles. The fraction of sp³-hybridized carbons (Fsp3) is 0.875.